The lowest BCUT2D eigenvalue weighted by atomic mass is 10.1. The van der Waals surface area contributed by atoms with Crippen molar-refractivity contribution in [2.45, 2.75) is 83.0 Å². The molecule has 1 aromatic carbocycles. The van der Waals surface area contributed by atoms with Gasteiger partial charge in [0.15, 0.2) is 5.69 Å². The van der Waals surface area contributed by atoms with Crippen molar-refractivity contribution in [2.75, 3.05) is 20.3 Å². The normalized spacial score (nSPS) is 20.6. The molecule has 2 aromatic heterocycles. The van der Waals surface area contributed by atoms with E-state index >= 15 is 4.39 Å². The minimum absolute atomic E-state index is 0.168. The van der Waals surface area contributed by atoms with Crippen LogP contribution in [0.5, 0.6) is 0 Å². The van der Waals surface area contributed by atoms with Gasteiger partial charge in [0.1, 0.15) is 23.1 Å². The molecule has 0 unspecified atom stereocenters. The SMILES string of the molecule is COC[C@H]1C[C@H](n2nc(C#Cc3cc4ncn(C5CC5)c4cc3F)c(C#N)c2CC2CC2)CN1C(=O)OC(C)(C)C. The molecule has 3 aromatic rings. The van der Waals surface area contributed by atoms with Gasteiger partial charge in [0.2, 0.25) is 0 Å². The lowest BCUT2D eigenvalue weighted by Gasteiger charge is -2.28. The highest BCUT2D eigenvalue weighted by Gasteiger charge is 2.40. The Kier molecular flexibility index (Phi) is 6.99. The zero-order chi connectivity index (χ0) is 28.9. The number of nitrogens with zero attached hydrogens (tertiary/aromatic N) is 6. The van der Waals surface area contributed by atoms with E-state index in [9.17, 15) is 10.1 Å². The molecule has 6 rings (SSSR count). The molecule has 0 spiro atoms. The molecule has 2 atom stereocenters. The van der Waals surface area contributed by atoms with E-state index in [-0.39, 0.29) is 17.6 Å². The molecule has 214 valence electrons. The minimum atomic E-state index is -0.624. The van der Waals surface area contributed by atoms with E-state index in [1.807, 2.05) is 30.0 Å². The average Bonchev–Trinajstić information content (AvgIpc) is 3.81. The summed E-state index contributed by atoms with van der Waals surface area (Å²) in [4.78, 5) is 19.2. The van der Waals surface area contributed by atoms with Gasteiger partial charge in [0.05, 0.1) is 47.3 Å². The Labute approximate surface area is 239 Å². The first-order valence-corrected chi connectivity index (χ1v) is 14.3. The second-order valence-corrected chi connectivity index (χ2v) is 12.5. The molecule has 2 aliphatic carbocycles. The molecule has 0 radical (unpaired) electrons. The summed E-state index contributed by atoms with van der Waals surface area (Å²) in [5, 5.41) is 15.0. The number of hydrogen-bond donors (Lipinski definition) is 0. The number of imidazole rings is 1. The van der Waals surface area contributed by atoms with Crippen molar-refractivity contribution in [3.8, 4) is 17.9 Å². The maximum absolute atomic E-state index is 15.1. The number of rotatable bonds is 6. The molecule has 10 heteroatoms. The number of benzene rings is 1. The van der Waals surface area contributed by atoms with Gasteiger partial charge < -0.3 is 18.9 Å². The molecule has 0 N–H and O–H groups in total. The Morgan fingerprint density at radius 2 is 1.95 bits per heavy atom. The highest BCUT2D eigenvalue weighted by Crippen LogP contribution is 2.38. The third kappa shape index (κ3) is 5.67. The molecular weight excluding hydrogens is 523 g/mol. The molecule has 3 heterocycles. The third-order valence-electron chi connectivity index (χ3n) is 7.95. The number of methoxy groups -OCH3 is 1. The predicted molar refractivity (Wildman–Crippen MR) is 150 cm³/mol. The van der Waals surface area contributed by atoms with E-state index in [2.05, 4.69) is 22.9 Å². The number of aromatic nitrogens is 4. The summed E-state index contributed by atoms with van der Waals surface area (Å²) >= 11 is 0. The zero-order valence-electron chi connectivity index (χ0n) is 24.0. The second-order valence-electron chi connectivity index (χ2n) is 12.5. The van der Waals surface area contributed by atoms with Crippen LogP contribution in [0.25, 0.3) is 11.0 Å². The van der Waals surface area contributed by atoms with Crippen LogP contribution in [0.2, 0.25) is 0 Å². The number of fused-ring (bicyclic) bond motifs is 1. The topological polar surface area (TPSA) is 98.2 Å². The van der Waals surface area contributed by atoms with Gasteiger partial charge in [0, 0.05) is 25.8 Å². The Morgan fingerprint density at radius 1 is 1.17 bits per heavy atom. The monoisotopic (exact) mass is 558 g/mol. The van der Waals surface area contributed by atoms with Crippen molar-refractivity contribution in [3.05, 3.63) is 46.8 Å². The smallest absolute Gasteiger partial charge is 0.410 e. The van der Waals surface area contributed by atoms with E-state index in [1.54, 1.807) is 24.4 Å². The maximum Gasteiger partial charge on any atom is 0.410 e. The fraction of sp³-hybridized carbons (Fsp3) is 0.548. The first-order valence-electron chi connectivity index (χ1n) is 14.3. The number of carbonyl (C=O) groups is 1. The first-order chi connectivity index (χ1) is 19.6. The summed E-state index contributed by atoms with van der Waals surface area (Å²) in [6, 6.07) is 5.52. The highest BCUT2D eigenvalue weighted by atomic mass is 19.1. The quantitative estimate of drug-likeness (QED) is 0.389. The lowest BCUT2D eigenvalue weighted by Crippen LogP contribution is -2.41. The summed E-state index contributed by atoms with van der Waals surface area (Å²) < 4.78 is 30.1. The number of likely N-dealkylation sites (tertiary alicyclic amines) is 1. The number of ether oxygens (including phenoxy) is 2. The van der Waals surface area contributed by atoms with Crippen molar-refractivity contribution in [1.82, 2.24) is 24.2 Å². The standard InChI is InChI=1S/C31H35FN6O3/c1-31(2,3)41-30(39)36-16-22(13-23(36)17-40-4)38-28(11-19-5-6-19)24(15-33)26(35-38)10-7-20-12-27-29(14-25(20)32)37(18-34-27)21-8-9-21/h12,14,18-19,21-23H,5-6,8-9,11,13,16-17H2,1-4H3/t22-,23+/m0/s1. The predicted octanol–water partition coefficient (Wildman–Crippen LogP) is 5.13. The number of nitriles is 1. The molecule has 41 heavy (non-hydrogen) atoms. The Hall–Kier alpha value is -3.89. The number of halogens is 1. The summed E-state index contributed by atoms with van der Waals surface area (Å²) in [5.41, 5.74) is 2.63. The van der Waals surface area contributed by atoms with Gasteiger partial charge in [-0.25, -0.2) is 14.2 Å². The average molecular weight is 559 g/mol. The number of hydrogen-bond acceptors (Lipinski definition) is 6. The Balaban J connectivity index is 1.33. The van der Waals surface area contributed by atoms with Crippen LogP contribution >= 0.6 is 0 Å². The maximum atomic E-state index is 15.1. The summed E-state index contributed by atoms with van der Waals surface area (Å²) in [6.45, 7) is 6.28. The largest absolute Gasteiger partial charge is 0.444 e. The fourth-order valence-electron chi connectivity index (χ4n) is 5.65. The molecule has 1 amide bonds. The molecule has 9 nitrogen and oxygen atoms in total. The van der Waals surface area contributed by atoms with Crippen LogP contribution < -0.4 is 0 Å². The second kappa shape index (κ2) is 10.5. The first kappa shape index (κ1) is 27.3. The summed E-state index contributed by atoms with van der Waals surface area (Å²) in [5.74, 6) is 6.00. The minimum Gasteiger partial charge on any atom is -0.444 e. The van der Waals surface area contributed by atoms with Crippen molar-refractivity contribution in [1.29, 1.82) is 5.26 Å². The van der Waals surface area contributed by atoms with Crippen LogP contribution in [0.3, 0.4) is 0 Å². The van der Waals surface area contributed by atoms with E-state index in [1.165, 1.54) is 6.07 Å². The third-order valence-corrected chi connectivity index (χ3v) is 7.95. The molecule has 3 aliphatic rings. The highest BCUT2D eigenvalue weighted by molar-refractivity contribution is 5.78. The lowest BCUT2D eigenvalue weighted by molar-refractivity contribution is 0.0145. The number of amides is 1. The van der Waals surface area contributed by atoms with Crippen molar-refractivity contribution in [3.63, 3.8) is 0 Å². The summed E-state index contributed by atoms with van der Waals surface area (Å²) in [6.07, 6.45) is 7.08. The van der Waals surface area contributed by atoms with E-state index in [4.69, 9.17) is 14.6 Å². The van der Waals surface area contributed by atoms with Crippen molar-refractivity contribution < 1.29 is 18.7 Å². The molecule has 1 aliphatic heterocycles. The molecular formula is C31H35FN6O3. The van der Waals surface area contributed by atoms with Gasteiger partial charge in [0.25, 0.3) is 0 Å². The van der Waals surface area contributed by atoms with Crippen LogP contribution in [0.1, 0.15) is 87.5 Å². The van der Waals surface area contributed by atoms with Gasteiger partial charge in [-0.3, -0.25) is 4.68 Å². The van der Waals surface area contributed by atoms with Crippen LogP contribution in [-0.4, -0.2) is 62.2 Å². The molecule has 2 saturated carbocycles. The van der Waals surface area contributed by atoms with Crippen molar-refractivity contribution in [2.24, 2.45) is 5.92 Å². The summed E-state index contributed by atoms with van der Waals surface area (Å²) in [7, 11) is 1.61. The van der Waals surface area contributed by atoms with Crippen LogP contribution in [0.15, 0.2) is 18.5 Å². The van der Waals surface area contributed by atoms with Gasteiger partial charge in [-0.1, -0.05) is 5.92 Å². The van der Waals surface area contributed by atoms with Gasteiger partial charge in [-0.15, -0.1) is 0 Å². The molecule has 1 saturated heterocycles. The fourth-order valence-corrected chi connectivity index (χ4v) is 5.65. The van der Waals surface area contributed by atoms with E-state index < -0.39 is 17.5 Å². The zero-order valence-corrected chi connectivity index (χ0v) is 24.0. The molecule has 0 bridgehead atoms. The van der Waals surface area contributed by atoms with Crippen LogP contribution in [0, 0.1) is 34.9 Å². The Morgan fingerprint density at radius 3 is 2.61 bits per heavy atom. The van der Waals surface area contributed by atoms with Crippen LogP contribution in [0.4, 0.5) is 9.18 Å². The number of carbonyl (C=O) groups excluding carboxylic acids is 1. The van der Waals surface area contributed by atoms with Gasteiger partial charge >= 0.3 is 6.09 Å². The van der Waals surface area contributed by atoms with E-state index in [0.29, 0.717) is 54.7 Å². The van der Waals surface area contributed by atoms with Gasteiger partial charge in [-0.05, 0) is 77.2 Å². The van der Waals surface area contributed by atoms with Gasteiger partial charge in [-0.2, -0.15) is 10.4 Å². The molecule has 3 fully saturated rings. The van der Waals surface area contributed by atoms with Crippen LogP contribution in [-0.2, 0) is 15.9 Å². The van der Waals surface area contributed by atoms with Crippen molar-refractivity contribution >= 4 is 17.1 Å². The van der Waals surface area contributed by atoms with E-state index in [0.717, 1.165) is 36.9 Å². The Bertz CT molecular complexity index is 1590.